The van der Waals surface area contributed by atoms with E-state index in [9.17, 15) is 14.9 Å². The fraction of sp³-hybridized carbons (Fsp3) is 0.619. The number of carbonyl (C=O) groups excluding carboxylic acids is 2. The zero-order chi connectivity index (χ0) is 36.8. The molecule has 0 bridgehead atoms. The van der Waals surface area contributed by atoms with Crippen molar-refractivity contribution in [1.82, 2.24) is 15.0 Å². The number of hydrogen-bond acceptors (Lipinski definition) is 6. The van der Waals surface area contributed by atoms with Crippen LogP contribution < -0.4 is 4.90 Å². The van der Waals surface area contributed by atoms with E-state index in [0.717, 1.165) is 65.6 Å². The smallest absolute Gasteiger partial charge is 0.283 e. The molecule has 1 aliphatic rings. The van der Waals surface area contributed by atoms with Gasteiger partial charge in [-0.1, -0.05) is 130 Å². The third-order valence-corrected chi connectivity index (χ3v) is 11.1. The molecule has 0 aliphatic carbocycles. The molecule has 0 saturated carbocycles. The Morgan fingerprint density at radius 2 is 1.56 bits per heavy atom. The van der Waals surface area contributed by atoms with Gasteiger partial charge in [0.05, 0.1) is 17.1 Å². The van der Waals surface area contributed by atoms with Gasteiger partial charge in [-0.3, -0.25) is 9.59 Å². The Morgan fingerprint density at radius 1 is 0.980 bits per heavy atom. The van der Waals surface area contributed by atoms with Gasteiger partial charge >= 0.3 is 0 Å². The molecule has 0 fully saturated rings. The zero-order valence-electron chi connectivity index (χ0n) is 32.5. The highest BCUT2D eigenvalue weighted by molar-refractivity contribution is 7.16. The van der Waals surface area contributed by atoms with Crippen molar-refractivity contribution in [1.29, 1.82) is 5.26 Å². The minimum absolute atomic E-state index is 0.121. The summed E-state index contributed by atoms with van der Waals surface area (Å²) in [5, 5.41) is 14.2. The minimum atomic E-state index is -0.426. The number of nitrogens with zero attached hydrogens (tertiary/aromatic N) is 5. The van der Waals surface area contributed by atoms with Gasteiger partial charge in [-0.25, -0.2) is 15.0 Å². The molecule has 2 atom stereocenters. The second-order valence-electron chi connectivity index (χ2n) is 15.0. The summed E-state index contributed by atoms with van der Waals surface area (Å²) in [6, 6.07) is 11.2. The topological polar surface area (TPSA) is 80.5 Å². The summed E-state index contributed by atoms with van der Waals surface area (Å²) in [6.07, 6.45) is 14.3. The first-order chi connectivity index (χ1) is 23.9. The maximum absolute atomic E-state index is 13.8. The number of aromatic nitrogens is 1. The van der Waals surface area contributed by atoms with Crippen LogP contribution in [0.25, 0.3) is 6.08 Å². The lowest BCUT2D eigenvalue weighted by Crippen LogP contribution is -2.51. The summed E-state index contributed by atoms with van der Waals surface area (Å²) in [5.41, 5.74) is 3.11. The molecule has 3 rings (SSSR count). The molecule has 7 nitrogen and oxygen atoms in total. The first-order valence-electron chi connectivity index (χ1n) is 19.2. The van der Waals surface area contributed by atoms with Crippen LogP contribution >= 0.6 is 11.3 Å². The number of amides is 2. The second-order valence-corrected chi connectivity index (χ2v) is 16.0. The molecular weight excluding hydrogens is 639 g/mol. The molecule has 0 saturated heterocycles. The largest absolute Gasteiger partial charge is 0.348 e. The number of anilines is 1. The summed E-state index contributed by atoms with van der Waals surface area (Å²) in [6.45, 7) is 20.1. The standard InChI is InChI=1S/C42H63N5O2S/c1-10-15-21-31(13-4)28-46(29-32(14-5)22-16-11-2)41-44-38(42(6,7)8)37(50-41)26-34-30-47(40(49)36(27-43)35(34)25-17-12-3)45(9)39(48)33-23-19-18-20-24-33/h18-20,23-24,26,31-32H,10-17,21-22,25,28-30H2,1-9H3/b34-26+. The fourth-order valence-corrected chi connectivity index (χ4v) is 7.95. The van der Waals surface area contributed by atoms with Gasteiger partial charge in [0.25, 0.3) is 11.8 Å². The molecule has 0 spiro atoms. The van der Waals surface area contributed by atoms with Gasteiger partial charge in [-0.15, -0.1) is 0 Å². The molecule has 2 unspecified atom stereocenters. The van der Waals surface area contributed by atoms with Crippen molar-refractivity contribution in [2.24, 2.45) is 11.8 Å². The van der Waals surface area contributed by atoms with Crippen molar-refractivity contribution in [3.8, 4) is 6.07 Å². The van der Waals surface area contributed by atoms with Crippen molar-refractivity contribution in [2.45, 2.75) is 131 Å². The lowest BCUT2D eigenvalue weighted by Gasteiger charge is -2.36. The van der Waals surface area contributed by atoms with E-state index in [4.69, 9.17) is 4.98 Å². The Balaban J connectivity index is 2.17. The van der Waals surface area contributed by atoms with E-state index in [1.165, 1.54) is 48.5 Å². The first kappa shape index (κ1) is 41.0. The number of nitriles is 1. The highest BCUT2D eigenvalue weighted by atomic mass is 32.1. The van der Waals surface area contributed by atoms with Crippen molar-refractivity contribution >= 4 is 34.4 Å². The second kappa shape index (κ2) is 19.8. The van der Waals surface area contributed by atoms with Crippen molar-refractivity contribution < 1.29 is 9.59 Å². The van der Waals surface area contributed by atoms with Gasteiger partial charge in [0.2, 0.25) is 0 Å². The van der Waals surface area contributed by atoms with Crippen LogP contribution in [0.1, 0.15) is 147 Å². The molecule has 50 heavy (non-hydrogen) atoms. The average Bonchev–Trinajstić information content (AvgIpc) is 3.55. The summed E-state index contributed by atoms with van der Waals surface area (Å²) in [4.78, 5) is 36.4. The third-order valence-electron chi connectivity index (χ3n) is 10.00. The van der Waals surface area contributed by atoms with E-state index in [-0.39, 0.29) is 23.4 Å². The molecule has 1 aromatic heterocycles. The lowest BCUT2D eigenvalue weighted by atomic mass is 9.88. The highest BCUT2D eigenvalue weighted by Crippen LogP contribution is 2.39. The number of carbonyl (C=O) groups is 2. The highest BCUT2D eigenvalue weighted by Gasteiger charge is 2.35. The molecule has 2 heterocycles. The predicted octanol–water partition coefficient (Wildman–Crippen LogP) is 10.6. The molecular formula is C42H63N5O2S. The summed E-state index contributed by atoms with van der Waals surface area (Å²) in [5.74, 6) is 0.505. The molecule has 2 aromatic rings. The Morgan fingerprint density at radius 3 is 2.06 bits per heavy atom. The molecule has 2 amide bonds. The van der Waals surface area contributed by atoms with Gasteiger partial charge in [-0.2, -0.15) is 5.26 Å². The molecule has 8 heteroatoms. The fourth-order valence-electron chi connectivity index (χ4n) is 6.69. The quantitative estimate of drug-likeness (QED) is 0.146. The van der Waals surface area contributed by atoms with E-state index in [2.05, 4.69) is 72.4 Å². The maximum Gasteiger partial charge on any atom is 0.283 e. The summed E-state index contributed by atoms with van der Waals surface area (Å²) in [7, 11) is 1.62. The van der Waals surface area contributed by atoms with E-state index in [1.807, 2.05) is 18.2 Å². The monoisotopic (exact) mass is 701 g/mol. The van der Waals surface area contributed by atoms with Crippen LogP contribution in [-0.4, -0.2) is 53.5 Å². The number of hydrazine groups is 1. The average molecular weight is 702 g/mol. The Kier molecular flexibility index (Phi) is 16.2. The van der Waals surface area contributed by atoms with Gasteiger partial charge < -0.3 is 4.90 Å². The van der Waals surface area contributed by atoms with Gasteiger partial charge in [-0.05, 0) is 66.9 Å². The number of hydrogen-bond donors (Lipinski definition) is 0. The van der Waals surface area contributed by atoms with Crippen molar-refractivity contribution in [2.75, 3.05) is 31.6 Å². The van der Waals surface area contributed by atoms with Crippen LogP contribution in [0.5, 0.6) is 0 Å². The van der Waals surface area contributed by atoms with Crippen LogP contribution in [0.3, 0.4) is 0 Å². The Hall–Kier alpha value is -3.44. The summed E-state index contributed by atoms with van der Waals surface area (Å²) < 4.78 is 0. The van der Waals surface area contributed by atoms with Crippen LogP contribution in [0.15, 0.2) is 47.1 Å². The van der Waals surface area contributed by atoms with E-state index < -0.39 is 5.91 Å². The third kappa shape index (κ3) is 10.8. The molecule has 274 valence electrons. The van der Waals surface area contributed by atoms with Crippen LogP contribution in [0.2, 0.25) is 0 Å². The Labute approximate surface area is 307 Å². The van der Waals surface area contributed by atoms with Crippen LogP contribution in [0, 0.1) is 23.2 Å². The number of rotatable bonds is 19. The van der Waals surface area contributed by atoms with Gasteiger partial charge in [0, 0.05) is 31.1 Å². The van der Waals surface area contributed by atoms with E-state index >= 15 is 0 Å². The minimum Gasteiger partial charge on any atom is -0.348 e. The van der Waals surface area contributed by atoms with Crippen LogP contribution in [0.4, 0.5) is 5.13 Å². The predicted molar refractivity (Wildman–Crippen MR) is 210 cm³/mol. The molecule has 0 N–H and O–H groups in total. The maximum atomic E-state index is 13.8. The van der Waals surface area contributed by atoms with Gasteiger partial charge in [0.1, 0.15) is 11.6 Å². The number of thiazole rings is 1. The van der Waals surface area contributed by atoms with Crippen molar-refractivity contribution in [3.63, 3.8) is 0 Å². The van der Waals surface area contributed by atoms with E-state index in [0.29, 0.717) is 23.8 Å². The molecule has 0 radical (unpaired) electrons. The number of benzene rings is 1. The normalized spacial score (nSPS) is 15.7. The SMILES string of the molecule is CCCCC1=C(C#N)C(=O)N(N(C)C(=O)c2ccccc2)C/C1=C\c1sc(N(CC(CC)CCCC)CC(CC)CCCC)nc1C(C)(C)C. The summed E-state index contributed by atoms with van der Waals surface area (Å²) >= 11 is 1.74. The van der Waals surface area contributed by atoms with Gasteiger partial charge in [0.15, 0.2) is 5.13 Å². The Bertz CT molecular complexity index is 1480. The van der Waals surface area contributed by atoms with Crippen molar-refractivity contribution in [3.05, 3.63) is 63.2 Å². The number of unbranched alkanes of at least 4 members (excludes halogenated alkanes) is 3. The lowest BCUT2D eigenvalue weighted by molar-refractivity contribution is -0.138. The molecule has 1 aromatic carbocycles. The molecule has 1 aliphatic heterocycles. The first-order valence-corrected chi connectivity index (χ1v) is 20.0. The van der Waals surface area contributed by atoms with E-state index in [1.54, 1.807) is 30.5 Å². The van der Waals surface area contributed by atoms with Crippen LogP contribution in [-0.2, 0) is 10.2 Å². The zero-order valence-corrected chi connectivity index (χ0v) is 33.3.